The Morgan fingerprint density at radius 3 is 2.57 bits per heavy atom. The molecule has 0 fully saturated rings. The Morgan fingerprint density at radius 1 is 1.11 bits per heavy atom. The van der Waals surface area contributed by atoms with E-state index in [1.54, 1.807) is 12.1 Å². The molecule has 1 amide bonds. The Labute approximate surface area is 163 Å². The number of amides is 1. The van der Waals surface area contributed by atoms with Gasteiger partial charge in [0, 0.05) is 25.1 Å². The maximum Gasteiger partial charge on any atom is 0.229 e. The molecule has 5 nitrogen and oxygen atoms in total. The molecule has 0 radical (unpaired) electrons. The van der Waals surface area contributed by atoms with Gasteiger partial charge in [0.2, 0.25) is 5.91 Å². The number of Topliss-reactive ketones (excluding diaryl/α,β-unsaturated/α-hetero) is 1. The monoisotopic (exact) mass is 379 g/mol. The number of benzene rings is 2. The van der Waals surface area contributed by atoms with Crippen LogP contribution in [0, 0.1) is 5.82 Å². The van der Waals surface area contributed by atoms with E-state index in [1.807, 2.05) is 24.3 Å². The number of hydrogen-bond donors (Lipinski definition) is 1. The Hall–Kier alpha value is -3.15. The highest BCUT2D eigenvalue weighted by molar-refractivity contribution is 6.07. The third kappa shape index (κ3) is 3.15. The minimum Gasteiger partial charge on any atom is -0.326 e. The SMILES string of the molecule is CCCN1C2=C(CC(=O)Nc3ccccc3F)C(=O)CCN2c2ccccc21. The Morgan fingerprint density at radius 2 is 1.82 bits per heavy atom. The Balaban J connectivity index is 1.68. The van der Waals surface area contributed by atoms with E-state index in [0.29, 0.717) is 18.5 Å². The van der Waals surface area contributed by atoms with Crippen molar-refractivity contribution in [2.45, 2.75) is 26.2 Å². The summed E-state index contributed by atoms with van der Waals surface area (Å²) in [7, 11) is 0. The van der Waals surface area contributed by atoms with Crippen molar-refractivity contribution in [3.63, 3.8) is 0 Å². The lowest BCUT2D eigenvalue weighted by Crippen LogP contribution is -2.38. The molecule has 6 heteroatoms. The van der Waals surface area contributed by atoms with Gasteiger partial charge in [0.05, 0.1) is 23.5 Å². The first kappa shape index (κ1) is 18.2. The number of halogens is 1. The first-order chi connectivity index (χ1) is 13.6. The second-order valence-electron chi connectivity index (χ2n) is 6.97. The molecule has 4 rings (SSSR count). The van der Waals surface area contributed by atoms with Gasteiger partial charge in [-0.25, -0.2) is 4.39 Å². The normalized spacial score (nSPS) is 15.6. The van der Waals surface area contributed by atoms with Crippen LogP contribution in [0.2, 0.25) is 0 Å². The highest BCUT2D eigenvalue weighted by Gasteiger charge is 2.38. The van der Waals surface area contributed by atoms with Crippen molar-refractivity contribution < 1.29 is 14.0 Å². The van der Waals surface area contributed by atoms with Crippen molar-refractivity contribution in [3.8, 4) is 0 Å². The molecule has 0 bridgehead atoms. The number of rotatable bonds is 5. The first-order valence-electron chi connectivity index (χ1n) is 9.55. The summed E-state index contributed by atoms with van der Waals surface area (Å²) in [6.45, 7) is 3.44. The largest absolute Gasteiger partial charge is 0.326 e. The predicted octanol–water partition coefficient (Wildman–Crippen LogP) is 4.08. The highest BCUT2D eigenvalue weighted by atomic mass is 19.1. The summed E-state index contributed by atoms with van der Waals surface area (Å²) in [6.07, 6.45) is 1.20. The van der Waals surface area contributed by atoms with Crippen molar-refractivity contribution in [2.24, 2.45) is 0 Å². The standard InChI is InChI=1S/C22H22FN3O2/c1-2-12-25-18-9-5-6-10-19(18)26-13-11-20(27)15(22(25)26)14-21(28)24-17-8-4-3-7-16(17)23/h3-10H,2,11-14H2,1H3,(H,24,28). The van der Waals surface area contributed by atoms with Crippen LogP contribution in [0.1, 0.15) is 26.2 Å². The zero-order valence-corrected chi connectivity index (χ0v) is 15.7. The minimum absolute atomic E-state index is 0.0242. The van der Waals surface area contributed by atoms with Gasteiger partial charge < -0.3 is 15.1 Å². The Bertz CT molecular complexity index is 970. The molecule has 0 aliphatic carbocycles. The number of anilines is 3. The summed E-state index contributed by atoms with van der Waals surface area (Å²) >= 11 is 0. The molecule has 1 N–H and O–H groups in total. The number of carbonyl (C=O) groups is 2. The molecule has 144 valence electrons. The van der Waals surface area contributed by atoms with E-state index < -0.39 is 11.7 Å². The number of nitrogens with zero attached hydrogens (tertiary/aromatic N) is 2. The second-order valence-corrected chi connectivity index (χ2v) is 6.97. The smallest absolute Gasteiger partial charge is 0.229 e. The highest BCUT2D eigenvalue weighted by Crippen LogP contribution is 2.45. The third-order valence-corrected chi connectivity index (χ3v) is 5.08. The quantitative estimate of drug-likeness (QED) is 0.851. The van der Waals surface area contributed by atoms with Crippen molar-refractivity contribution in [3.05, 3.63) is 65.7 Å². The van der Waals surface area contributed by atoms with E-state index in [4.69, 9.17) is 0 Å². The van der Waals surface area contributed by atoms with Gasteiger partial charge in [-0.2, -0.15) is 0 Å². The fraction of sp³-hybridized carbons (Fsp3) is 0.273. The van der Waals surface area contributed by atoms with E-state index in [0.717, 1.165) is 30.2 Å². The molecule has 0 saturated carbocycles. The van der Waals surface area contributed by atoms with Crippen LogP contribution >= 0.6 is 0 Å². The first-order valence-corrected chi connectivity index (χ1v) is 9.55. The van der Waals surface area contributed by atoms with E-state index >= 15 is 0 Å². The predicted molar refractivity (Wildman–Crippen MR) is 108 cm³/mol. The fourth-order valence-corrected chi connectivity index (χ4v) is 3.88. The maximum absolute atomic E-state index is 13.9. The van der Waals surface area contributed by atoms with Gasteiger partial charge in [0.1, 0.15) is 11.6 Å². The summed E-state index contributed by atoms with van der Waals surface area (Å²) in [6, 6.07) is 14.1. The van der Waals surface area contributed by atoms with Gasteiger partial charge in [0.15, 0.2) is 5.78 Å². The molecule has 0 unspecified atom stereocenters. The lowest BCUT2D eigenvalue weighted by atomic mass is 10.00. The molecule has 0 atom stereocenters. The molecule has 2 aromatic rings. The van der Waals surface area contributed by atoms with Gasteiger partial charge >= 0.3 is 0 Å². The van der Waals surface area contributed by atoms with Gasteiger partial charge in [-0.1, -0.05) is 31.2 Å². The van der Waals surface area contributed by atoms with Crippen LogP contribution in [0.25, 0.3) is 0 Å². The number of carbonyl (C=O) groups excluding carboxylic acids is 2. The van der Waals surface area contributed by atoms with E-state index in [9.17, 15) is 14.0 Å². The number of hydrogen-bond acceptors (Lipinski definition) is 4. The fourth-order valence-electron chi connectivity index (χ4n) is 3.88. The molecular formula is C22H22FN3O2. The summed E-state index contributed by atoms with van der Waals surface area (Å²) in [5.74, 6) is -0.118. The van der Waals surface area contributed by atoms with Crippen molar-refractivity contribution in [1.82, 2.24) is 0 Å². The van der Waals surface area contributed by atoms with Gasteiger partial charge in [0.25, 0.3) is 0 Å². The topological polar surface area (TPSA) is 52.7 Å². The average Bonchev–Trinajstić information content (AvgIpc) is 3.00. The van der Waals surface area contributed by atoms with Crippen LogP contribution in [-0.2, 0) is 9.59 Å². The lowest BCUT2D eigenvalue weighted by Gasteiger charge is -2.31. The zero-order chi connectivity index (χ0) is 19.7. The molecule has 0 saturated heterocycles. The molecule has 2 aliphatic rings. The van der Waals surface area contributed by atoms with E-state index in [-0.39, 0.29) is 17.9 Å². The number of fused-ring (bicyclic) bond motifs is 3. The number of ketones is 1. The van der Waals surface area contributed by atoms with Crippen LogP contribution in [0.4, 0.5) is 21.5 Å². The summed E-state index contributed by atoms with van der Waals surface area (Å²) < 4.78 is 13.9. The number of nitrogens with one attached hydrogen (secondary N) is 1. The molecule has 2 aromatic carbocycles. The minimum atomic E-state index is -0.494. The van der Waals surface area contributed by atoms with Crippen LogP contribution in [0.5, 0.6) is 0 Å². The van der Waals surface area contributed by atoms with Crippen LogP contribution in [-0.4, -0.2) is 24.8 Å². The third-order valence-electron chi connectivity index (χ3n) is 5.08. The molecule has 2 aliphatic heterocycles. The maximum atomic E-state index is 13.9. The van der Waals surface area contributed by atoms with E-state index in [2.05, 4.69) is 22.0 Å². The number of para-hydroxylation sites is 3. The second kappa shape index (κ2) is 7.46. The van der Waals surface area contributed by atoms with Crippen molar-refractivity contribution >= 4 is 28.8 Å². The molecule has 0 spiro atoms. The molecular weight excluding hydrogens is 357 g/mol. The molecule has 28 heavy (non-hydrogen) atoms. The van der Waals surface area contributed by atoms with Gasteiger partial charge in [-0.05, 0) is 30.7 Å². The van der Waals surface area contributed by atoms with Gasteiger partial charge in [-0.3, -0.25) is 9.59 Å². The zero-order valence-electron chi connectivity index (χ0n) is 15.7. The van der Waals surface area contributed by atoms with Crippen LogP contribution in [0.15, 0.2) is 59.9 Å². The van der Waals surface area contributed by atoms with Crippen molar-refractivity contribution in [1.29, 1.82) is 0 Å². The summed E-state index contributed by atoms with van der Waals surface area (Å²) in [4.78, 5) is 29.6. The summed E-state index contributed by atoms with van der Waals surface area (Å²) in [5.41, 5.74) is 2.73. The summed E-state index contributed by atoms with van der Waals surface area (Å²) in [5, 5.41) is 2.59. The van der Waals surface area contributed by atoms with Crippen molar-refractivity contribution in [2.75, 3.05) is 28.2 Å². The molecule has 0 aromatic heterocycles. The Kier molecular flexibility index (Phi) is 4.86. The molecule has 2 heterocycles. The van der Waals surface area contributed by atoms with Crippen LogP contribution < -0.4 is 15.1 Å². The lowest BCUT2D eigenvalue weighted by molar-refractivity contribution is -0.119. The van der Waals surface area contributed by atoms with Gasteiger partial charge in [-0.15, -0.1) is 0 Å². The van der Waals surface area contributed by atoms with Crippen LogP contribution in [0.3, 0.4) is 0 Å². The van der Waals surface area contributed by atoms with E-state index in [1.165, 1.54) is 12.1 Å². The average molecular weight is 379 g/mol.